The molecule has 3 aromatic carbocycles. The molecule has 12 nitrogen and oxygen atoms in total. The van der Waals surface area contributed by atoms with Crippen LogP contribution in [-0.2, 0) is 31.3 Å². The van der Waals surface area contributed by atoms with Crippen molar-refractivity contribution in [2.75, 3.05) is 20.4 Å². The molecule has 0 saturated carbocycles. The van der Waals surface area contributed by atoms with Gasteiger partial charge in [0.05, 0.1) is 16.9 Å². The maximum absolute atomic E-state index is 13.6. The Balaban J connectivity index is 1.65. The molecule has 0 radical (unpaired) electrons. The molecule has 1 aliphatic rings. The van der Waals surface area contributed by atoms with Gasteiger partial charge in [-0.05, 0) is 60.9 Å². The van der Waals surface area contributed by atoms with Gasteiger partial charge in [0.1, 0.15) is 11.8 Å². The average Bonchev–Trinajstić information content (AvgIpc) is 3.40. The van der Waals surface area contributed by atoms with Crippen LogP contribution in [0.4, 0.5) is 0 Å². The Morgan fingerprint density at radius 3 is 2.38 bits per heavy atom. The van der Waals surface area contributed by atoms with E-state index in [1.54, 1.807) is 38.1 Å². The lowest BCUT2D eigenvalue weighted by atomic mass is 9.97. The van der Waals surface area contributed by atoms with Crippen molar-refractivity contribution in [3.63, 3.8) is 0 Å². The van der Waals surface area contributed by atoms with Crippen LogP contribution >= 0.6 is 0 Å². The molecule has 3 aromatic rings. The molecule has 0 fully saturated rings. The number of methoxy groups -OCH3 is 1. The van der Waals surface area contributed by atoms with Gasteiger partial charge in [-0.25, -0.2) is 27.0 Å². The Morgan fingerprint density at radius 2 is 1.70 bits per heavy atom. The van der Waals surface area contributed by atoms with E-state index in [9.17, 15) is 26.8 Å². The summed E-state index contributed by atoms with van der Waals surface area (Å²) in [6.45, 7) is 2.64. The topological polar surface area (TPSA) is 169 Å². The van der Waals surface area contributed by atoms with Crippen LogP contribution in [-0.4, -0.2) is 54.4 Å². The minimum Gasteiger partial charge on any atom is -0.496 e. The lowest BCUT2D eigenvalue weighted by molar-refractivity contribution is -0.130. The molecule has 0 aliphatic carbocycles. The van der Waals surface area contributed by atoms with E-state index in [2.05, 4.69) is 9.44 Å². The van der Waals surface area contributed by atoms with Crippen molar-refractivity contribution in [2.45, 2.75) is 36.1 Å². The molecular weight excluding hydrogens is 562 g/mol. The quantitative estimate of drug-likeness (QED) is 0.192. The van der Waals surface area contributed by atoms with E-state index in [1.165, 1.54) is 36.9 Å². The number of carbonyl (C=O) groups is 1. The number of aryl methyl sites for hydroxylation is 1. The van der Waals surface area contributed by atoms with Crippen LogP contribution < -0.4 is 29.1 Å². The van der Waals surface area contributed by atoms with E-state index >= 15 is 0 Å². The van der Waals surface area contributed by atoms with Crippen molar-refractivity contribution in [3.8, 4) is 17.2 Å². The molecule has 0 spiro atoms. The molecule has 4 N–H and O–H groups in total. The fourth-order valence-electron chi connectivity index (χ4n) is 4.43. The number of hydrogen-bond donors (Lipinski definition) is 4. The van der Waals surface area contributed by atoms with Gasteiger partial charge in [0.2, 0.25) is 26.8 Å². The van der Waals surface area contributed by atoms with Gasteiger partial charge >= 0.3 is 0 Å². The second kappa shape index (κ2) is 11.8. The lowest BCUT2D eigenvalue weighted by Gasteiger charge is -2.22. The highest BCUT2D eigenvalue weighted by Crippen LogP contribution is 2.36. The first-order valence-corrected chi connectivity index (χ1v) is 15.0. The van der Waals surface area contributed by atoms with Gasteiger partial charge in [-0.15, -0.1) is 0 Å². The van der Waals surface area contributed by atoms with E-state index < -0.39 is 38.5 Å². The molecule has 214 valence electrons. The van der Waals surface area contributed by atoms with E-state index in [1.807, 2.05) is 6.07 Å². The molecular formula is C26H29N3O9S2. The lowest BCUT2D eigenvalue weighted by Crippen LogP contribution is -2.52. The van der Waals surface area contributed by atoms with Crippen molar-refractivity contribution < 1.29 is 41.0 Å². The van der Waals surface area contributed by atoms with Crippen LogP contribution in [0.25, 0.3) is 0 Å². The van der Waals surface area contributed by atoms with Crippen molar-refractivity contribution in [1.29, 1.82) is 0 Å². The summed E-state index contributed by atoms with van der Waals surface area (Å²) < 4.78 is 73.3. The fourth-order valence-corrected chi connectivity index (χ4v) is 7.19. The number of carbonyl (C=O) groups excluding carboxylic acids is 1. The van der Waals surface area contributed by atoms with Crippen LogP contribution in [0.1, 0.15) is 22.3 Å². The van der Waals surface area contributed by atoms with Gasteiger partial charge in [-0.1, -0.05) is 24.3 Å². The maximum atomic E-state index is 13.6. The molecule has 0 saturated heterocycles. The van der Waals surface area contributed by atoms with E-state index in [4.69, 9.17) is 14.2 Å². The van der Waals surface area contributed by atoms with E-state index in [0.29, 0.717) is 40.4 Å². The second-order valence-corrected chi connectivity index (χ2v) is 12.4. The molecule has 4 rings (SSSR count). The van der Waals surface area contributed by atoms with Gasteiger partial charge < -0.3 is 14.2 Å². The Labute approximate surface area is 232 Å². The second-order valence-electron chi connectivity index (χ2n) is 9.01. The molecule has 0 aromatic heterocycles. The number of nitrogens with one attached hydrogen (secondary N) is 3. The van der Waals surface area contributed by atoms with Gasteiger partial charge in [0, 0.05) is 18.5 Å². The first-order valence-electron chi connectivity index (χ1n) is 12.0. The summed E-state index contributed by atoms with van der Waals surface area (Å²) in [5.41, 5.74) is 3.49. The summed E-state index contributed by atoms with van der Waals surface area (Å²) in [4.78, 5) is 12.2. The van der Waals surface area contributed by atoms with Gasteiger partial charge in [0.25, 0.3) is 5.91 Å². The number of amides is 1. The molecule has 1 amide bonds. The number of hydrogen-bond acceptors (Lipinski definition) is 9. The van der Waals surface area contributed by atoms with Crippen LogP contribution in [0.15, 0.2) is 64.4 Å². The molecule has 1 heterocycles. The van der Waals surface area contributed by atoms with Crippen LogP contribution in [0.2, 0.25) is 0 Å². The molecule has 1 atom stereocenters. The summed E-state index contributed by atoms with van der Waals surface area (Å²) in [7, 11) is -7.01. The smallest absolute Gasteiger partial charge is 0.262 e. The standard InChI is InChI=1S/C26H29N3O9S2/c1-16-11-23(36-3)20(12-18-9-10-22-24(13-18)38-15-37-22)17(2)25(16)40(34,35)29-21(26(30)28-31)14-27-39(32,33)19-7-5-4-6-8-19/h4-11,13,21,27,29,31H,12,14-15H2,1-3H3,(H,28,30)/t21-/m1/s1. The zero-order valence-electron chi connectivity index (χ0n) is 21.9. The Bertz CT molecular complexity index is 1630. The van der Waals surface area contributed by atoms with Crippen LogP contribution in [0.5, 0.6) is 17.2 Å². The van der Waals surface area contributed by atoms with Crippen LogP contribution in [0.3, 0.4) is 0 Å². The summed E-state index contributed by atoms with van der Waals surface area (Å²) in [6, 6.07) is 12.7. The third-order valence-corrected chi connectivity index (χ3v) is 9.56. The number of sulfonamides is 2. The van der Waals surface area contributed by atoms with E-state index in [-0.39, 0.29) is 16.6 Å². The monoisotopic (exact) mass is 591 g/mol. The summed E-state index contributed by atoms with van der Waals surface area (Å²) in [5.74, 6) is 0.502. The number of ether oxygens (including phenoxy) is 3. The highest BCUT2D eigenvalue weighted by molar-refractivity contribution is 7.90. The summed E-state index contributed by atoms with van der Waals surface area (Å²) in [5, 5.41) is 9.22. The van der Waals surface area contributed by atoms with Crippen molar-refractivity contribution >= 4 is 26.0 Å². The predicted molar refractivity (Wildman–Crippen MR) is 144 cm³/mol. The average molecular weight is 592 g/mol. The highest BCUT2D eigenvalue weighted by atomic mass is 32.2. The Morgan fingerprint density at radius 1 is 1.00 bits per heavy atom. The minimum atomic E-state index is -4.41. The zero-order chi connectivity index (χ0) is 29.1. The van der Waals surface area contributed by atoms with Crippen molar-refractivity contribution in [3.05, 3.63) is 76.9 Å². The summed E-state index contributed by atoms with van der Waals surface area (Å²) in [6.07, 6.45) is 0.297. The Kier molecular flexibility index (Phi) is 8.65. The largest absolute Gasteiger partial charge is 0.496 e. The maximum Gasteiger partial charge on any atom is 0.262 e. The van der Waals surface area contributed by atoms with Crippen LogP contribution in [0, 0.1) is 13.8 Å². The number of fused-ring (bicyclic) bond motifs is 1. The van der Waals surface area contributed by atoms with Crippen molar-refractivity contribution in [2.24, 2.45) is 0 Å². The first kappa shape index (κ1) is 29.3. The van der Waals surface area contributed by atoms with E-state index in [0.717, 1.165) is 5.56 Å². The number of benzene rings is 3. The molecule has 0 bridgehead atoms. The highest BCUT2D eigenvalue weighted by Gasteiger charge is 2.31. The van der Waals surface area contributed by atoms with Crippen molar-refractivity contribution in [1.82, 2.24) is 14.9 Å². The Hall–Kier alpha value is -3.69. The molecule has 0 unspecified atom stereocenters. The fraction of sp³-hybridized carbons (Fsp3) is 0.269. The number of hydroxylamine groups is 1. The molecule has 40 heavy (non-hydrogen) atoms. The van der Waals surface area contributed by atoms with Gasteiger partial charge in [0.15, 0.2) is 11.5 Å². The van der Waals surface area contributed by atoms with Gasteiger partial charge in [-0.2, -0.15) is 4.72 Å². The summed E-state index contributed by atoms with van der Waals surface area (Å²) >= 11 is 0. The third kappa shape index (κ3) is 6.21. The minimum absolute atomic E-state index is 0.0731. The SMILES string of the molecule is COc1cc(C)c(S(=O)(=O)N[C@H](CNS(=O)(=O)c2ccccc2)C(=O)NO)c(C)c1Cc1ccc2c(c1)OCO2. The zero-order valence-corrected chi connectivity index (χ0v) is 23.6. The molecule has 1 aliphatic heterocycles. The van der Waals surface area contributed by atoms with Gasteiger partial charge in [-0.3, -0.25) is 10.0 Å². The number of rotatable bonds is 11. The molecule has 14 heteroatoms. The predicted octanol–water partition coefficient (Wildman–Crippen LogP) is 1.76. The third-order valence-electron chi connectivity index (χ3n) is 6.36. The normalized spacial score (nSPS) is 13.6. The first-order chi connectivity index (χ1) is 19.0.